The molecule has 0 unspecified atom stereocenters. The Morgan fingerprint density at radius 1 is 1.27 bits per heavy atom. The van der Waals surface area contributed by atoms with Gasteiger partial charge in [0, 0.05) is 37.1 Å². The molecule has 0 saturated carbocycles. The zero-order chi connectivity index (χ0) is 17.9. The summed E-state index contributed by atoms with van der Waals surface area (Å²) in [6.45, 7) is 1.38. The van der Waals surface area contributed by atoms with Gasteiger partial charge in [-0.2, -0.15) is 0 Å². The maximum absolute atomic E-state index is 12.7. The lowest BCUT2D eigenvalue weighted by Crippen LogP contribution is -2.39. The smallest absolute Gasteiger partial charge is 0.222 e. The average Bonchev–Trinajstić information content (AvgIpc) is 3.24. The van der Waals surface area contributed by atoms with Crippen LogP contribution in [-0.2, 0) is 16.0 Å². The highest BCUT2D eigenvalue weighted by Gasteiger charge is 2.37. The van der Waals surface area contributed by atoms with Crippen molar-refractivity contribution >= 4 is 11.8 Å². The molecule has 2 saturated heterocycles. The molecule has 3 heterocycles. The first-order valence-corrected chi connectivity index (χ1v) is 9.26. The van der Waals surface area contributed by atoms with Crippen LogP contribution in [0.4, 0.5) is 0 Å². The summed E-state index contributed by atoms with van der Waals surface area (Å²) in [5, 5.41) is 7.16. The molecule has 2 atom stereocenters. The van der Waals surface area contributed by atoms with Crippen LogP contribution in [0, 0.1) is 5.92 Å². The van der Waals surface area contributed by atoms with Gasteiger partial charge in [-0.1, -0.05) is 35.5 Å². The minimum absolute atomic E-state index is 0.115. The van der Waals surface area contributed by atoms with E-state index in [1.165, 1.54) is 0 Å². The molecule has 2 aliphatic heterocycles. The third-order valence-corrected chi connectivity index (χ3v) is 5.42. The number of nitrogens with zero attached hydrogens (tertiary/aromatic N) is 2. The molecule has 0 bridgehead atoms. The fourth-order valence-electron chi connectivity index (χ4n) is 4.00. The summed E-state index contributed by atoms with van der Waals surface area (Å²) < 4.78 is 5.14. The van der Waals surface area contributed by atoms with E-state index in [2.05, 4.69) is 10.5 Å². The molecule has 26 heavy (non-hydrogen) atoms. The maximum atomic E-state index is 12.7. The van der Waals surface area contributed by atoms with Gasteiger partial charge >= 0.3 is 0 Å². The van der Waals surface area contributed by atoms with Gasteiger partial charge in [0.2, 0.25) is 11.8 Å². The number of fused-ring (bicyclic) bond motifs is 1. The van der Waals surface area contributed by atoms with Crippen LogP contribution in [-0.4, -0.2) is 41.0 Å². The summed E-state index contributed by atoms with van der Waals surface area (Å²) >= 11 is 0. The highest BCUT2D eigenvalue weighted by molar-refractivity contribution is 5.79. The van der Waals surface area contributed by atoms with Crippen molar-refractivity contribution in [2.75, 3.05) is 13.1 Å². The van der Waals surface area contributed by atoms with Gasteiger partial charge in [0.05, 0.1) is 6.04 Å². The summed E-state index contributed by atoms with van der Waals surface area (Å²) in [5.41, 5.74) is 2.75. The second-order valence-electron chi connectivity index (χ2n) is 7.18. The molecule has 136 valence electrons. The Labute approximate surface area is 152 Å². The van der Waals surface area contributed by atoms with Gasteiger partial charge in [0.25, 0.3) is 0 Å². The summed E-state index contributed by atoms with van der Waals surface area (Å²) in [6, 6.07) is 9.97. The number of aryl methyl sites for hydroxylation is 1. The van der Waals surface area contributed by atoms with Crippen LogP contribution >= 0.6 is 0 Å². The Balaban J connectivity index is 1.37. The van der Waals surface area contributed by atoms with Gasteiger partial charge in [-0.3, -0.25) is 9.59 Å². The van der Waals surface area contributed by atoms with Crippen molar-refractivity contribution < 1.29 is 14.1 Å². The molecule has 0 radical (unpaired) electrons. The van der Waals surface area contributed by atoms with Gasteiger partial charge < -0.3 is 14.7 Å². The van der Waals surface area contributed by atoms with Crippen molar-refractivity contribution in [1.82, 2.24) is 15.4 Å². The third kappa shape index (κ3) is 3.49. The fourth-order valence-corrected chi connectivity index (χ4v) is 4.00. The van der Waals surface area contributed by atoms with Crippen LogP contribution in [0.3, 0.4) is 0 Å². The van der Waals surface area contributed by atoms with E-state index >= 15 is 0 Å². The number of nitrogens with one attached hydrogen (secondary N) is 1. The first-order valence-electron chi connectivity index (χ1n) is 9.26. The monoisotopic (exact) mass is 353 g/mol. The van der Waals surface area contributed by atoms with E-state index < -0.39 is 0 Å². The number of likely N-dealkylation sites (tertiary alicyclic amines) is 1. The zero-order valence-electron chi connectivity index (χ0n) is 14.7. The van der Waals surface area contributed by atoms with Gasteiger partial charge in [-0.05, 0) is 25.2 Å². The van der Waals surface area contributed by atoms with Crippen molar-refractivity contribution in [1.29, 1.82) is 0 Å². The number of hydrogen-bond acceptors (Lipinski definition) is 4. The Kier molecular flexibility index (Phi) is 4.73. The summed E-state index contributed by atoms with van der Waals surface area (Å²) in [4.78, 5) is 26.3. The average molecular weight is 353 g/mol. The molecule has 2 fully saturated rings. The molecule has 6 heteroatoms. The molecule has 2 amide bonds. The molecular formula is C20H23N3O3. The minimum atomic E-state index is 0.115. The lowest BCUT2D eigenvalue weighted by atomic mass is 9.99. The molecule has 6 nitrogen and oxygen atoms in total. The lowest BCUT2D eigenvalue weighted by Gasteiger charge is -2.17. The number of benzene rings is 1. The molecule has 2 aliphatic rings. The van der Waals surface area contributed by atoms with E-state index in [1.54, 1.807) is 6.26 Å². The molecule has 1 aromatic carbocycles. The van der Waals surface area contributed by atoms with Crippen LogP contribution < -0.4 is 5.32 Å². The summed E-state index contributed by atoms with van der Waals surface area (Å²) in [6.07, 6.45) is 5.19. The summed E-state index contributed by atoms with van der Waals surface area (Å²) in [7, 11) is 0. The van der Waals surface area contributed by atoms with Crippen molar-refractivity contribution in [3.8, 4) is 11.3 Å². The van der Waals surface area contributed by atoms with E-state index in [0.717, 1.165) is 36.2 Å². The Morgan fingerprint density at radius 2 is 2.12 bits per heavy atom. The topological polar surface area (TPSA) is 75.4 Å². The van der Waals surface area contributed by atoms with Gasteiger partial charge in [0.1, 0.15) is 12.0 Å². The highest BCUT2D eigenvalue weighted by Crippen LogP contribution is 2.27. The number of carbonyl (C=O) groups excluding carboxylic acids is 2. The number of hydrogen-bond donors (Lipinski definition) is 1. The number of rotatable bonds is 4. The number of aromatic nitrogens is 1. The molecule has 2 aromatic rings. The molecule has 1 aromatic heterocycles. The van der Waals surface area contributed by atoms with Crippen LogP contribution in [0.25, 0.3) is 11.3 Å². The second-order valence-corrected chi connectivity index (χ2v) is 7.18. The van der Waals surface area contributed by atoms with Crippen molar-refractivity contribution in [2.45, 2.75) is 38.1 Å². The predicted molar refractivity (Wildman–Crippen MR) is 96.1 cm³/mol. The quantitative estimate of drug-likeness (QED) is 0.916. The first kappa shape index (κ1) is 16.8. The third-order valence-electron chi connectivity index (χ3n) is 5.42. The zero-order valence-corrected chi connectivity index (χ0v) is 14.7. The lowest BCUT2D eigenvalue weighted by molar-refractivity contribution is -0.130. The highest BCUT2D eigenvalue weighted by atomic mass is 16.5. The standard InChI is InChI=1S/C20H23N3O3/c24-18-8-4-7-15-11-23(12-17(15)21-18)19(25)10-9-16-13-26-22-20(16)14-5-2-1-3-6-14/h1-3,5-6,13,15,17H,4,7-12H2,(H,21,24)/t15-,17+/m1/s1. The molecule has 4 rings (SSSR count). The van der Waals surface area contributed by atoms with E-state index in [-0.39, 0.29) is 17.9 Å². The van der Waals surface area contributed by atoms with Crippen molar-refractivity contribution in [2.24, 2.45) is 5.92 Å². The maximum Gasteiger partial charge on any atom is 0.222 e. The van der Waals surface area contributed by atoms with Gasteiger partial charge in [0.15, 0.2) is 0 Å². The van der Waals surface area contributed by atoms with Crippen LogP contribution in [0.15, 0.2) is 41.1 Å². The van der Waals surface area contributed by atoms with Crippen LogP contribution in [0.2, 0.25) is 0 Å². The Hall–Kier alpha value is -2.63. The van der Waals surface area contributed by atoms with Crippen molar-refractivity contribution in [3.63, 3.8) is 0 Å². The predicted octanol–water partition coefficient (Wildman–Crippen LogP) is 2.40. The van der Waals surface area contributed by atoms with Crippen LogP contribution in [0.1, 0.15) is 31.2 Å². The largest absolute Gasteiger partial charge is 0.364 e. The van der Waals surface area contributed by atoms with Crippen molar-refractivity contribution in [3.05, 3.63) is 42.2 Å². The van der Waals surface area contributed by atoms with E-state index in [4.69, 9.17) is 4.52 Å². The number of amides is 2. The molecule has 1 N–H and O–H groups in total. The fraction of sp³-hybridized carbons (Fsp3) is 0.450. The molecular weight excluding hydrogens is 330 g/mol. The Morgan fingerprint density at radius 3 is 2.96 bits per heavy atom. The minimum Gasteiger partial charge on any atom is -0.364 e. The second kappa shape index (κ2) is 7.32. The molecule has 0 aliphatic carbocycles. The first-order chi connectivity index (χ1) is 12.7. The van der Waals surface area contributed by atoms with E-state index in [9.17, 15) is 9.59 Å². The van der Waals surface area contributed by atoms with E-state index in [1.807, 2.05) is 35.2 Å². The van der Waals surface area contributed by atoms with Gasteiger partial charge in [-0.25, -0.2) is 0 Å². The SMILES string of the molecule is O=C1CCC[C@@H]2CN(C(=O)CCc3conc3-c3ccccc3)C[C@@H]2N1. The normalized spacial score (nSPS) is 22.6. The van der Waals surface area contributed by atoms with Crippen LogP contribution in [0.5, 0.6) is 0 Å². The Bertz CT molecular complexity index is 787. The number of carbonyl (C=O) groups is 2. The molecule has 0 spiro atoms. The van der Waals surface area contributed by atoms with Gasteiger partial charge in [-0.15, -0.1) is 0 Å². The van der Waals surface area contributed by atoms with E-state index in [0.29, 0.717) is 31.7 Å². The summed E-state index contributed by atoms with van der Waals surface area (Å²) in [5.74, 6) is 0.636.